The minimum atomic E-state index is -2.99. The van der Waals surface area contributed by atoms with Gasteiger partial charge in [0.25, 0.3) is 5.92 Å². The van der Waals surface area contributed by atoms with Gasteiger partial charge in [-0.2, -0.15) is 0 Å². The highest BCUT2D eigenvalue weighted by Gasteiger charge is 2.27. The molecular weight excluding hydrogens is 202 g/mol. The molecule has 2 N–H and O–H groups in total. The monoisotopic (exact) mass is 222 g/mol. The van der Waals surface area contributed by atoms with E-state index >= 15 is 0 Å². The first kappa shape index (κ1) is 12.8. The average Bonchev–Trinajstić information content (AvgIpc) is 2.18. The summed E-state index contributed by atoms with van der Waals surface area (Å²) in [5.41, 5.74) is 0. The molecule has 3 nitrogen and oxygen atoms in total. The van der Waals surface area contributed by atoms with Crippen molar-refractivity contribution in [1.82, 2.24) is 10.2 Å². The second-order valence-electron chi connectivity index (χ2n) is 4.42. The average molecular weight is 222 g/mol. The van der Waals surface area contributed by atoms with Crippen molar-refractivity contribution in [3.63, 3.8) is 0 Å². The van der Waals surface area contributed by atoms with Gasteiger partial charge in [0, 0.05) is 6.54 Å². The molecule has 0 aliphatic carbocycles. The summed E-state index contributed by atoms with van der Waals surface area (Å²) in [6, 6.07) is 0. The van der Waals surface area contributed by atoms with Crippen molar-refractivity contribution < 1.29 is 13.9 Å². The van der Waals surface area contributed by atoms with Crippen LogP contribution in [0.25, 0.3) is 0 Å². The van der Waals surface area contributed by atoms with Crippen LogP contribution in [0.5, 0.6) is 0 Å². The van der Waals surface area contributed by atoms with Crippen LogP contribution in [-0.2, 0) is 0 Å². The van der Waals surface area contributed by atoms with Crippen LogP contribution in [0.3, 0.4) is 0 Å². The summed E-state index contributed by atoms with van der Waals surface area (Å²) in [5.74, 6) is -2.53. The molecule has 5 heteroatoms. The molecule has 0 aromatic heterocycles. The first-order chi connectivity index (χ1) is 7.03. The van der Waals surface area contributed by atoms with Gasteiger partial charge in [-0.15, -0.1) is 0 Å². The van der Waals surface area contributed by atoms with E-state index in [4.69, 9.17) is 5.11 Å². The first-order valence-electron chi connectivity index (χ1n) is 5.41. The van der Waals surface area contributed by atoms with E-state index in [1.165, 1.54) is 0 Å². The van der Waals surface area contributed by atoms with E-state index in [2.05, 4.69) is 17.3 Å². The van der Waals surface area contributed by atoms with Gasteiger partial charge in [0.05, 0.1) is 6.54 Å². The molecule has 0 aromatic rings. The lowest BCUT2D eigenvalue weighted by molar-refractivity contribution is -0.0482. The molecule has 1 saturated heterocycles. The molecule has 0 amide bonds. The molecule has 0 aromatic carbocycles. The minimum absolute atomic E-state index is 0.427. The topological polar surface area (TPSA) is 35.5 Å². The number of piperidine rings is 1. The fourth-order valence-corrected chi connectivity index (χ4v) is 1.95. The van der Waals surface area contributed by atoms with Crippen molar-refractivity contribution in [2.24, 2.45) is 5.92 Å². The molecule has 1 atom stereocenters. The molecule has 1 unspecified atom stereocenters. The lowest BCUT2D eigenvalue weighted by Crippen LogP contribution is -2.42. The van der Waals surface area contributed by atoms with Crippen LogP contribution < -0.4 is 5.32 Å². The molecule has 1 aliphatic heterocycles. The van der Waals surface area contributed by atoms with E-state index < -0.39 is 19.1 Å². The van der Waals surface area contributed by atoms with Crippen LogP contribution >= 0.6 is 0 Å². The van der Waals surface area contributed by atoms with E-state index in [0.717, 1.165) is 25.9 Å². The van der Waals surface area contributed by atoms with Gasteiger partial charge >= 0.3 is 0 Å². The van der Waals surface area contributed by atoms with Gasteiger partial charge in [-0.3, -0.25) is 0 Å². The first-order valence-corrected chi connectivity index (χ1v) is 5.41. The van der Waals surface area contributed by atoms with Gasteiger partial charge < -0.3 is 15.3 Å². The van der Waals surface area contributed by atoms with Gasteiger partial charge in [-0.25, -0.2) is 8.78 Å². The van der Waals surface area contributed by atoms with Crippen molar-refractivity contribution in [3.05, 3.63) is 0 Å². The van der Waals surface area contributed by atoms with Gasteiger partial charge in [0.2, 0.25) is 0 Å². The van der Waals surface area contributed by atoms with Crippen molar-refractivity contribution in [1.29, 1.82) is 0 Å². The fourth-order valence-electron chi connectivity index (χ4n) is 1.95. The van der Waals surface area contributed by atoms with Gasteiger partial charge in [-0.05, 0) is 38.9 Å². The molecular formula is C10H20F2N2O. The Morgan fingerprint density at radius 1 is 1.53 bits per heavy atom. The number of aliphatic hydroxyl groups is 1. The second kappa shape index (κ2) is 5.72. The Bertz CT molecular complexity index is 190. The van der Waals surface area contributed by atoms with Crippen LogP contribution in [0.4, 0.5) is 8.78 Å². The maximum atomic E-state index is 12.7. The molecule has 1 fully saturated rings. The Kier molecular flexibility index (Phi) is 4.89. The maximum absolute atomic E-state index is 12.7. The number of likely N-dealkylation sites (tertiary alicyclic amines) is 1. The van der Waals surface area contributed by atoms with Crippen molar-refractivity contribution in [2.75, 3.05) is 39.8 Å². The zero-order chi connectivity index (χ0) is 11.3. The molecule has 0 spiro atoms. The number of hydrogen-bond donors (Lipinski definition) is 2. The predicted octanol–water partition coefficient (Wildman–Crippen LogP) is 0.545. The third-order valence-electron chi connectivity index (χ3n) is 2.77. The van der Waals surface area contributed by atoms with Crippen molar-refractivity contribution in [2.45, 2.75) is 18.8 Å². The summed E-state index contributed by atoms with van der Waals surface area (Å²) < 4.78 is 25.3. The quantitative estimate of drug-likeness (QED) is 0.713. The molecule has 1 aliphatic rings. The van der Waals surface area contributed by atoms with Crippen molar-refractivity contribution in [3.8, 4) is 0 Å². The molecule has 0 saturated carbocycles. The highest BCUT2D eigenvalue weighted by molar-refractivity contribution is 4.74. The largest absolute Gasteiger partial charge is 0.390 e. The second-order valence-corrected chi connectivity index (χ2v) is 4.42. The van der Waals surface area contributed by atoms with Gasteiger partial charge in [-0.1, -0.05) is 0 Å². The number of nitrogens with zero attached hydrogens (tertiary/aromatic N) is 1. The maximum Gasteiger partial charge on any atom is 0.282 e. The van der Waals surface area contributed by atoms with Crippen LogP contribution in [0, 0.1) is 5.92 Å². The Balaban J connectivity index is 2.14. The van der Waals surface area contributed by atoms with Crippen molar-refractivity contribution >= 4 is 0 Å². The number of nitrogens with one attached hydrogen (secondary N) is 1. The smallest absolute Gasteiger partial charge is 0.282 e. The standard InChI is InChI=1S/C10H20F2N2O/c1-14-4-2-3-9(6-14)5-13-7-10(11,12)8-15/h9,13,15H,2-8H2,1H3. The van der Waals surface area contributed by atoms with Gasteiger partial charge in [0.1, 0.15) is 6.61 Å². The zero-order valence-corrected chi connectivity index (χ0v) is 9.18. The Morgan fingerprint density at radius 3 is 2.87 bits per heavy atom. The Hall–Kier alpha value is -0.260. The lowest BCUT2D eigenvalue weighted by atomic mass is 9.98. The molecule has 0 radical (unpaired) electrons. The highest BCUT2D eigenvalue weighted by atomic mass is 19.3. The summed E-state index contributed by atoms with van der Waals surface area (Å²) in [7, 11) is 2.05. The van der Waals surface area contributed by atoms with E-state index in [1.807, 2.05) is 0 Å². The Labute approximate surface area is 89.5 Å². The number of alkyl halides is 2. The minimum Gasteiger partial charge on any atom is -0.390 e. The molecule has 90 valence electrons. The van der Waals surface area contributed by atoms with E-state index in [1.54, 1.807) is 0 Å². The Morgan fingerprint density at radius 2 is 2.27 bits per heavy atom. The van der Waals surface area contributed by atoms with E-state index in [-0.39, 0.29) is 0 Å². The summed E-state index contributed by atoms with van der Waals surface area (Å²) >= 11 is 0. The van der Waals surface area contributed by atoms with Crippen LogP contribution in [0.1, 0.15) is 12.8 Å². The summed E-state index contributed by atoms with van der Waals surface area (Å²) in [4.78, 5) is 2.22. The zero-order valence-electron chi connectivity index (χ0n) is 9.18. The third-order valence-corrected chi connectivity index (χ3v) is 2.77. The van der Waals surface area contributed by atoms with Crippen LogP contribution in [0.15, 0.2) is 0 Å². The van der Waals surface area contributed by atoms with E-state index in [0.29, 0.717) is 12.5 Å². The van der Waals surface area contributed by atoms with E-state index in [9.17, 15) is 8.78 Å². The van der Waals surface area contributed by atoms with Gasteiger partial charge in [0.15, 0.2) is 0 Å². The normalized spacial score (nSPS) is 24.4. The number of aliphatic hydroxyl groups excluding tert-OH is 1. The van der Waals surface area contributed by atoms with Crippen LogP contribution in [0.2, 0.25) is 0 Å². The number of hydrogen-bond acceptors (Lipinski definition) is 3. The summed E-state index contributed by atoms with van der Waals surface area (Å²) in [6.45, 7) is 1.18. The molecule has 1 rings (SSSR count). The highest BCUT2D eigenvalue weighted by Crippen LogP contribution is 2.15. The predicted molar refractivity (Wildman–Crippen MR) is 55.1 cm³/mol. The fraction of sp³-hybridized carbons (Fsp3) is 1.00. The lowest BCUT2D eigenvalue weighted by Gasteiger charge is -2.30. The molecule has 0 bridgehead atoms. The number of rotatable bonds is 5. The van der Waals surface area contributed by atoms with Crippen LogP contribution in [-0.4, -0.2) is 55.8 Å². The summed E-state index contributed by atoms with van der Waals surface area (Å²) in [5, 5.41) is 11.1. The third kappa shape index (κ3) is 4.86. The summed E-state index contributed by atoms with van der Waals surface area (Å²) in [6.07, 6.45) is 2.24. The number of halogens is 2. The molecule has 15 heavy (non-hydrogen) atoms. The molecule has 1 heterocycles. The SMILES string of the molecule is CN1CCCC(CNCC(F)(F)CO)C1.